The summed E-state index contributed by atoms with van der Waals surface area (Å²) < 4.78 is 39.9. The molecule has 2 N–H and O–H groups in total. The van der Waals surface area contributed by atoms with E-state index in [-0.39, 0.29) is 5.02 Å². The van der Waals surface area contributed by atoms with Gasteiger partial charge in [-0.25, -0.2) is 12.8 Å². The van der Waals surface area contributed by atoms with Crippen molar-refractivity contribution in [2.24, 2.45) is 0 Å². The predicted octanol–water partition coefficient (Wildman–Crippen LogP) is 2.64. The number of sulfonamides is 1. The van der Waals surface area contributed by atoms with Gasteiger partial charge < -0.3 is 5.11 Å². The second-order valence-electron chi connectivity index (χ2n) is 3.98. The first kappa shape index (κ1) is 15.9. The van der Waals surface area contributed by atoms with Gasteiger partial charge in [0, 0.05) is 9.90 Å². The van der Waals surface area contributed by atoms with E-state index in [1.165, 1.54) is 12.1 Å². The summed E-state index contributed by atoms with van der Waals surface area (Å²) in [6, 6.07) is 4.62. The van der Waals surface area contributed by atoms with E-state index in [9.17, 15) is 17.6 Å². The molecule has 1 unspecified atom stereocenters. The maximum Gasteiger partial charge on any atom is 0.327 e. The first-order chi connectivity index (χ1) is 9.81. The molecule has 2 rings (SSSR count). The zero-order valence-corrected chi connectivity index (χ0v) is 12.7. The Kier molecular flexibility index (Phi) is 4.62. The highest BCUT2D eigenvalue weighted by atomic mass is 35.5. The highest BCUT2D eigenvalue weighted by molar-refractivity contribution is 7.89. The molecule has 0 aliphatic rings. The van der Waals surface area contributed by atoms with Crippen LogP contribution in [0.15, 0.2) is 40.6 Å². The van der Waals surface area contributed by atoms with E-state index >= 15 is 0 Å². The molecule has 0 aliphatic carbocycles. The van der Waals surface area contributed by atoms with Crippen LogP contribution in [0.25, 0.3) is 0 Å². The highest BCUT2D eigenvalue weighted by Gasteiger charge is 2.29. The molecule has 0 spiro atoms. The Hall–Kier alpha value is -1.48. The first-order valence-corrected chi connectivity index (χ1v) is 8.29. The SMILES string of the molecule is O=C(O)C(NS(=O)(=O)c1ccc(Cl)cc1F)c1cccs1. The van der Waals surface area contributed by atoms with Crippen molar-refractivity contribution in [3.63, 3.8) is 0 Å². The monoisotopic (exact) mass is 349 g/mol. The van der Waals surface area contributed by atoms with Crippen molar-refractivity contribution < 1.29 is 22.7 Å². The summed E-state index contributed by atoms with van der Waals surface area (Å²) in [5.41, 5.74) is 0. The topological polar surface area (TPSA) is 83.5 Å². The Labute approximate surface area is 129 Å². The van der Waals surface area contributed by atoms with Crippen molar-refractivity contribution in [3.8, 4) is 0 Å². The van der Waals surface area contributed by atoms with Crippen LogP contribution in [0.2, 0.25) is 5.02 Å². The van der Waals surface area contributed by atoms with Gasteiger partial charge in [0.25, 0.3) is 0 Å². The van der Waals surface area contributed by atoms with E-state index in [1.54, 1.807) is 11.4 Å². The smallest absolute Gasteiger partial charge is 0.327 e. The third-order valence-electron chi connectivity index (χ3n) is 2.53. The molecule has 0 radical (unpaired) electrons. The molecule has 0 saturated carbocycles. The number of benzene rings is 1. The van der Waals surface area contributed by atoms with Gasteiger partial charge in [-0.15, -0.1) is 11.3 Å². The van der Waals surface area contributed by atoms with Crippen molar-refractivity contribution in [1.29, 1.82) is 0 Å². The normalized spacial score (nSPS) is 13.0. The number of hydrogen-bond acceptors (Lipinski definition) is 4. The number of rotatable bonds is 5. The van der Waals surface area contributed by atoms with Crippen LogP contribution in [0.5, 0.6) is 0 Å². The molecule has 5 nitrogen and oxygen atoms in total. The molecule has 1 heterocycles. The largest absolute Gasteiger partial charge is 0.480 e. The van der Waals surface area contributed by atoms with E-state index in [0.717, 1.165) is 23.5 Å². The zero-order valence-electron chi connectivity index (χ0n) is 10.3. The van der Waals surface area contributed by atoms with Crippen LogP contribution in [-0.2, 0) is 14.8 Å². The fraction of sp³-hybridized carbons (Fsp3) is 0.0833. The Morgan fingerprint density at radius 1 is 1.38 bits per heavy atom. The minimum Gasteiger partial charge on any atom is -0.480 e. The lowest BCUT2D eigenvalue weighted by Crippen LogP contribution is -2.33. The molecule has 2 aromatic rings. The molecular weight excluding hydrogens is 341 g/mol. The molecular formula is C12H9ClFNO4S2. The van der Waals surface area contributed by atoms with E-state index in [4.69, 9.17) is 16.7 Å². The minimum atomic E-state index is -4.34. The maximum atomic E-state index is 13.7. The van der Waals surface area contributed by atoms with E-state index in [0.29, 0.717) is 4.88 Å². The second kappa shape index (κ2) is 6.10. The first-order valence-electron chi connectivity index (χ1n) is 5.55. The fourth-order valence-electron chi connectivity index (χ4n) is 1.60. The number of carboxylic acids is 1. The molecule has 112 valence electrons. The molecule has 0 aliphatic heterocycles. The average Bonchev–Trinajstić information content (AvgIpc) is 2.88. The van der Waals surface area contributed by atoms with Crippen LogP contribution in [-0.4, -0.2) is 19.5 Å². The summed E-state index contributed by atoms with van der Waals surface area (Å²) in [4.78, 5) is 10.8. The van der Waals surface area contributed by atoms with Gasteiger partial charge in [-0.3, -0.25) is 4.79 Å². The second-order valence-corrected chi connectivity index (χ2v) is 7.08. The summed E-state index contributed by atoms with van der Waals surface area (Å²) >= 11 is 6.64. The lowest BCUT2D eigenvalue weighted by molar-refractivity contribution is -0.139. The molecule has 0 fully saturated rings. The predicted molar refractivity (Wildman–Crippen MR) is 76.4 cm³/mol. The van der Waals surface area contributed by atoms with Crippen LogP contribution in [0.1, 0.15) is 10.9 Å². The molecule has 0 saturated heterocycles. The van der Waals surface area contributed by atoms with Crippen molar-refractivity contribution in [1.82, 2.24) is 4.72 Å². The van der Waals surface area contributed by atoms with Crippen LogP contribution >= 0.6 is 22.9 Å². The van der Waals surface area contributed by atoms with Gasteiger partial charge in [0.05, 0.1) is 0 Å². The minimum absolute atomic E-state index is 0.0412. The number of carbonyl (C=O) groups is 1. The quantitative estimate of drug-likeness (QED) is 0.869. The fourth-order valence-corrected chi connectivity index (χ4v) is 3.83. The van der Waals surface area contributed by atoms with Gasteiger partial charge in [-0.1, -0.05) is 17.7 Å². The van der Waals surface area contributed by atoms with Crippen LogP contribution in [0.3, 0.4) is 0 Å². The summed E-state index contributed by atoms with van der Waals surface area (Å²) in [6.07, 6.45) is 0. The van der Waals surface area contributed by atoms with Crippen molar-refractivity contribution >= 4 is 38.9 Å². The third kappa shape index (κ3) is 3.59. The summed E-state index contributed by atoms with van der Waals surface area (Å²) in [6.45, 7) is 0. The molecule has 0 amide bonds. The van der Waals surface area contributed by atoms with E-state index in [2.05, 4.69) is 0 Å². The molecule has 9 heteroatoms. The molecule has 1 aromatic heterocycles. The summed E-state index contributed by atoms with van der Waals surface area (Å²) in [5, 5.41) is 10.8. The lowest BCUT2D eigenvalue weighted by atomic mass is 10.3. The Morgan fingerprint density at radius 2 is 2.10 bits per heavy atom. The van der Waals surface area contributed by atoms with Gasteiger partial charge >= 0.3 is 5.97 Å². The number of thiophene rings is 1. The highest BCUT2D eigenvalue weighted by Crippen LogP contribution is 2.24. The van der Waals surface area contributed by atoms with Gasteiger partial charge in [-0.05, 0) is 29.6 Å². The Balaban J connectivity index is 2.37. The van der Waals surface area contributed by atoms with E-state index in [1.807, 2.05) is 4.72 Å². The molecule has 1 aromatic carbocycles. The Morgan fingerprint density at radius 3 is 2.62 bits per heavy atom. The Bertz CT molecular complexity index is 762. The number of halogens is 2. The van der Waals surface area contributed by atoms with Gasteiger partial charge in [0.15, 0.2) is 6.04 Å². The third-order valence-corrected chi connectivity index (χ3v) is 5.16. The average molecular weight is 350 g/mol. The number of carboxylic acid groups (broad SMARTS) is 1. The van der Waals surface area contributed by atoms with Crippen LogP contribution < -0.4 is 4.72 Å². The standard InChI is InChI=1S/C12H9ClFNO4S2/c13-7-3-4-10(8(14)6-7)21(18,19)15-11(12(16)17)9-2-1-5-20-9/h1-6,11,15H,(H,16,17). The molecule has 1 atom stereocenters. The van der Waals surface area contributed by atoms with Crippen LogP contribution in [0, 0.1) is 5.82 Å². The maximum absolute atomic E-state index is 13.7. The van der Waals surface area contributed by atoms with Gasteiger partial charge in [0.1, 0.15) is 10.7 Å². The lowest BCUT2D eigenvalue weighted by Gasteiger charge is -2.14. The van der Waals surface area contributed by atoms with Gasteiger partial charge in [-0.2, -0.15) is 4.72 Å². The summed E-state index contributed by atoms with van der Waals surface area (Å²) in [5.74, 6) is -2.43. The van der Waals surface area contributed by atoms with Crippen molar-refractivity contribution in [3.05, 3.63) is 51.4 Å². The van der Waals surface area contributed by atoms with Gasteiger partial charge in [0.2, 0.25) is 10.0 Å². The number of nitrogens with one attached hydrogen (secondary N) is 1. The van der Waals surface area contributed by atoms with E-state index < -0.39 is 32.7 Å². The number of aliphatic carboxylic acids is 1. The van der Waals surface area contributed by atoms with Crippen molar-refractivity contribution in [2.75, 3.05) is 0 Å². The molecule has 21 heavy (non-hydrogen) atoms. The summed E-state index contributed by atoms with van der Waals surface area (Å²) in [7, 11) is -4.34. The van der Waals surface area contributed by atoms with Crippen molar-refractivity contribution in [2.45, 2.75) is 10.9 Å². The zero-order chi connectivity index (χ0) is 15.6. The van der Waals surface area contributed by atoms with Crippen LogP contribution in [0.4, 0.5) is 4.39 Å². The number of hydrogen-bond donors (Lipinski definition) is 2. The molecule has 0 bridgehead atoms.